The highest BCUT2D eigenvalue weighted by Crippen LogP contribution is 2.18. The van der Waals surface area contributed by atoms with E-state index in [0.29, 0.717) is 21.9 Å². The van der Waals surface area contributed by atoms with E-state index >= 15 is 0 Å². The van der Waals surface area contributed by atoms with Crippen molar-refractivity contribution in [3.05, 3.63) is 17.4 Å². The number of nitrogens with zero attached hydrogens (tertiary/aromatic N) is 2. The van der Waals surface area contributed by atoms with Gasteiger partial charge < -0.3 is 5.73 Å². The first-order valence-corrected chi connectivity index (χ1v) is 3.40. The molecule has 2 aromatic rings. The second-order valence-electron chi connectivity index (χ2n) is 2.17. The molecule has 11 heavy (non-hydrogen) atoms. The number of nitrogen functional groups attached to an aromatic ring is 1. The van der Waals surface area contributed by atoms with Crippen molar-refractivity contribution < 1.29 is 0 Å². The molecule has 0 amide bonds. The maximum absolute atomic E-state index is 5.70. The topological polar surface area (TPSA) is 67.6 Å². The smallest absolute Gasteiger partial charge is 0.150 e. The Kier molecular flexibility index (Phi) is 1.22. The Morgan fingerprint density at radius 1 is 1.55 bits per heavy atom. The molecule has 2 aromatic heterocycles. The molecule has 0 saturated heterocycles. The Hall–Kier alpha value is -1.29. The number of halogens is 1. The van der Waals surface area contributed by atoms with Crippen LogP contribution in [0.2, 0.25) is 5.15 Å². The zero-order chi connectivity index (χ0) is 7.84. The molecule has 0 fully saturated rings. The van der Waals surface area contributed by atoms with Crippen molar-refractivity contribution in [2.24, 2.45) is 0 Å². The molecule has 2 rings (SSSR count). The van der Waals surface area contributed by atoms with Crippen LogP contribution in [0, 0.1) is 0 Å². The lowest BCUT2D eigenvalue weighted by atomic mass is 10.3. The molecule has 0 unspecified atom stereocenters. The van der Waals surface area contributed by atoms with Crippen LogP contribution < -0.4 is 5.73 Å². The van der Waals surface area contributed by atoms with Crippen LogP contribution in [-0.4, -0.2) is 15.2 Å². The predicted octanol–water partition coefficient (Wildman–Crippen LogP) is 1.19. The van der Waals surface area contributed by atoms with Gasteiger partial charge in [0.05, 0.1) is 11.9 Å². The van der Waals surface area contributed by atoms with Gasteiger partial charge >= 0.3 is 0 Å². The number of anilines is 1. The average Bonchev–Trinajstić information content (AvgIpc) is 2.32. The van der Waals surface area contributed by atoms with E-state index in [4.69, 9.17) is 17.3 Å². The number of pyridine rings is 1. The molecule has 0 atom stereocenters. The molecule has 0 bridgehead atoms. The van der Waals surface area contributed by atoms with Crippen LogP contribution in [0.4, 0.5) is 5.69 Å². The van der Waals surface area contributed by atoms with E-state index in [1.54, 1.807) is 12.3 Å². The Labute approximate surface area is 67.4 Å². The summed E-state index contributed by atoms with van der Waals surface area (Å²) in [4.78, 5) is 3.99. The van der Waals surface area contributed by atoms with E-state index in [2.05, 4.69) is 15.2 Å². The van der Waals surface area contributed by atoms with Gasteiger partial charge in [-0.3, -0.25) is 5.10 Å². The summed E-state index contributed by atoms with van der Waals surface area (Å²) in [6.07, 6.45) is 1.55. The molecule has 5 heteroatoms. The number of aromatic nitrogens is 3. The van der Waals surface area contributed by atoms with E-state index in [-0.39, 0.29) is 0 Å². The van der Waals surface area contributed by atoms with Gasteiger partial charge in [0, 0.05) is 0 Å². The lowest BCUT2D eigenvalue weighted by Crippen LogP contribution is -1.85. The van der Waals surface area contributed by atoms with Gasteiger partial charge in [-0.2, -0.15) is 5.10 Å². The minimum Gasteiger partial charge on any atom is -0.397 e. The standard InChI is InChI=1S/C6H5ClN4/c7-6-5-4(10-11-6)1-3(8)2-9-5/h1-2H,8H2,(H,10,11). The van der Waals surface area contributed by atoms with E-state index in [1.807, 2.05) is 0 Å². The third-order valence-corrected chi connectivity index (χ3v) is 1.63. The Morgan fingerprint density at radius 2 is 2.36 bits per heavy atom. The normalized spacial score (nSPS) is 10.6. The number of rotatable bonds is 0. The summed E-state index contributed by atoms with van der Waals surface area (Å²) < 4.78 is 0. The number of fused-ring (bicyclic) bond motifs is 1. The maximum Gasteiger partial charge on any atom is 0.150 e. The van der Waals surface area contributed by atoms with Crippen LogP contribution in [0.3, 0.4) is 0 Å². The SMILES string of the molecule is Nc1cnc2c(Cl)[nH]nc2c1. The zero-order valence-electron chi connectivity index (χ0n) is 5.50. The monoisotopic (exact) mass is 168 g/mol. The summed E-state index contributed by atoms with van der Waals surface area (Å²) in [5.74, 6) is 0. The first-order chi connectivity index (χ1) is 5.27. The summed E-state index contributed by atoms with van der Waals surface area (Å²) >= 11 is 5.70. The molecule has 0 aliphatic heterocycles. The van der Waals surface area contributed by atoms with Crippen molar-refractivity contribution in [1.82, 2.24) is 15.2 Å². The minimum atomic E-state index is 0.444. The highest BCUT2D eigenvalue weighted by molar-refractivity contribution is 6.33. The van der Waals surface area contributed by atoms with Gasteiger partial charge in [-0.1, -0.05) is 11.6 Å². The second kappa shape index (κ2) is 2.10. The predicted molar refractivity (Wildman–Crippen MR) is 43.3 cm³/mol. The lowest BCUT2D eigenvalue weighted by Gasteiger charge is -1.89. The Balaban J connectivity index is 2.86. The number of hydrogen-bond donors (Lipinski definition) is 2. The first kappa shape index (κ1) is 6.42. The number of aromatic amines is 1. The molecule has 0 spiro atoms. The van der Waals surface area contributed by atoms with Gasteiger partial charge in [0.25, 0.3) is 0 Å². The highest BCUT2D eigenvalue weighted by Gasteiger charge is 2.02. The Bertz CT molecular complexity index is 394. The number of H-pyrrole nitrogens is 1. The lowest BCUT2D eigenvalue weighted by molar-refractivity contribution is 1.12. The van der Waals surface area contributed by atoms with Crippen molar-refractivity contribution in [3.63, 3.8) is 0 Å². The van der Waals surface area contributed by atoms with E-state index in [1.165, 1.54) is 0 Å². The van der Waals surface area contributed by atoms with Crippen molar-refractivity contribution >= 4 is 28.3 Å². The summed E-state index contributed by atoms with van der Waals surface area (Å²) in [5.41, 5.74) is 7.40. The van der Waals surface area contributed by atoms with Crippen molar-refractivity contribution in [2.45, 2.75) is 0 Å². The molecule has 2 heterocycles. The van der Waals surface area contributed by atoms with Crippen LogP contribution >= 0.6 is 11.6 Å². The molecular weight excluding hydrogens is 164 g/mol. The molecule has 0 aliphatic carbocycles. The fourth-order valence-electron chi connectivity index (χ4n) is 0.885. The third kappa shape index (κ3) is 0.914. The van der Waals surface area contributed by atoms with Crippen LogP contribution in [0.5, 0.6) is 0 Å². The van der Waals surface area contributed by atoms with Crippen LogP contribution in [0.1, 0.15) is 0 Å². The van der Waals surface area contributed by atoms with E-state index in [0.717, 1.165) is 0 Å². The van der Waals surface area contributed by atoms with Gasteiger partial charge in [-0.25, -0.2) is 4.98 Å². The maximum atomic E-state index is 5.70. The summed E-state index contributed by atoms with van der Waals surface area (Å²) in [6, 6.07) is 1.71. The van der Waals surface area contributed by atoms with Gasteiger partial charge in [0.2, 0.25) is 0 Å². The average molecular weight is 169 g/mol. The van der Waals surface area contributed by atoms with Crippen molar-refractivity contribution in [2.75, 3.05) is 5.73 Å². The summed E-state index contributed by atoms with van der Waals surface area (Å²) in [7, 11) is 0. The summed E-state index contributed by atoms with van der Waals surface area (Å²) in [6.45, 7) is 0. The minimum absolute atomic E-state index is 0.444. The van der Waals surface area contributed by atoms with Crippen molar-refractivity contribution in [3.8, 4) is 0 Å². The quantitative estimate of drug-likeness (QED) is 0.621. The molecular formula is C6H5ClN4. The van der Waals surface area contributed by atoms with Crippen LogP contribution in [0.15, 0.2) is 12.3 Å². The van der Waals surface area contributed by atoms with Crippen molar-refractivity contribution in [1.29, 1.82) is 0 Å². The Morgan fingerprint density at radius 3 is 3.18 bits per heavy atom. The number of nitrogens with one attached hydrogen (secondary N) is 1. The number of nitrogens with two attached hydrogens (primary N) is 1. The molecule has 3 N–H and O–H groups in total. The van der Waals surface area contributed by atoms with Gasteiger partial charge in [0.15, 0.2) is 5.15 Å². The molecule has 0 aliphatic rings. The van der Waals surface area contributed by atoms with E-state index in [9.17, 15) is 0 Å². The molecule has 0 aromatic carbocycles. The molecule has 4 nitrogen and oxygen atoms in total. The molecule has 0 radical (unpaired) electrons. The number of hydrogen-bond acceptors (Lipinski definition) is 3. The molecule has 56 valence electrons. The fraction of sp³-hybridized carbons (Fsp3) is 0. The fourth-order valence-corrected chi connectivity index (χ4v) is 1.07. The molecule has 0 saturated carbocycles. The highest BCUT2D eigenvalue weighted by atomic mass is 35.5. The van der Waals surface area contributed by atoms with Crippen LogP contribution in [0.25, 0.3) is 11.0 Å². The van der Waals surface area contributed by atoms with E-state index < -0.39 is 0 Å². The van der Waals surface area contributed by atoms with Gasteiger partial charge in [-0.05, 0) is 6.07 Å². The van der Waals surface area contributed by atoms with Gasteiger partial charge in [0.1, 0.15) is 11.0 Å². The largest absolute Gasteiger partial charge is 0.397 e. The van der Waals surface area contributed by atoms with Crippen LogP contribution in [-0.2, 0) is 0 Å². The zero-order valence-corrected chi connectivity index (χ0v) is 6.26. The first-order valence-electron chi connectivity index (χ1n) is 3.02. The second-order valence-corrected chi connectivity index (χ2v) is 2.55. The summed E-state index contributed by atoms with van der Waals surface area (Å²) in [5, 5.41) is 6.93. The third-order valence-electron chi connectivity index (χ3n) is 1.37. The van der Waals surface area contributed by atoms with Gasteiger partial charge in [-0.15, -0.1) is 0 Å².